The first-order chi connectivity index (χ1) is 7.25. The van der Waals surface area contributed by atoms with E-state index in [4.69, 9.17) is 5.11 Å². The van der Waals surface area contributed by atoms with E-state index in [0.29, 0.717) is 18.0 Å². The maximum absolute atomic E-state index is 13.2. The third-order valence-electron chi connectivity index (χ3n) is 2.92. The molecular formula is C12H16FNO. The molecule has 0 spiro atoms. The van der Waals surface area contributed by atoms with Crippen molar-refractivity contribution in [2.24, 2.45) is 5.92 Å². The minimum Gasteiger partial charge on any atom is -0.393 e. The van der Waals surface area contributed by atoms with Gasteiger partial charge in [0.05, 0.1) is 6.10 Å². The van der Waals surface area contributed by atoms with Crippen LogP contribution in [0.5, 0.6) is 0 Å². The largest absolute Gasteiger partial charge is 0.393 e. The summed E-state index contributed by atoms with van der Waals surface area (Å²) >= 11 is 0. The monoisotopic (exact) mass is 209 g/mol. The molecule has 0 heterocycles. The van der Waals surface area contributed by atoms with Gasteiger partial charge in [0.1, 0.15) is 5.82 Å². The zero-order valence-corrected chi connectivity index (χ0v) is 8.62. The van der Waals surface area contributed by atoms with Gasteiger partial charge in [-0.1, -0.05) is 18.2 Å². The van der Waals surface area contributed by atoms with Gasteiger partial charge in [0, 0.05) is 12.1 Å². The third-order valence-corrected chi connectivity index (χ3v) is 2.92. The summed E-state index contributed by atoms with van der Waals surface area (Å²) in [6.07, 6.45) is 1.65. The predicted octanol–water partition coefficient (Wildman–Crippen LogP) is 1.69. The summed E-state index contributed by atoms with van der Waals surface area (Å²) in [6.45, 7) is 1.44. The van der Waals surface area contributed by atoms with Crippen molar-refractivity contribution in [3.8, 4) is 0 Å². The van der Waals surface area contributed by atoms with Crippen molar-refractivity contribution in [1.29, 1.82) is 0 Å². The summed E-state index contributed by atoms with van der Waals surface area (Å²) < 4.78 is 13.2. The highest BCUT2D eigenvalue weighted by Crippen LogP contribution is 2.26. The van der Waals surface area contributed by atoms with Crippen molar-refractivity contribution in [1.82, 2.24) is 5.32 Å². The van der Waals surface area contributed by atoms with Gasteiger partial charge in [-0.25, -0.2) is 4.39 Å². The Morgan fingerprint density at radius 3 is 2.73 bits per heavy atom. The van der Waals surface area contributed by atoms with Gasteiger partial charge in [-0.3, -0.25) is 0 Å². The molecule has 1 fully saturated rings. The highest BCUT2D eigenvalue weighted by Gasteiger charge is 2.26. The summed E-state index contributed by atoms with van der Waals surface area (Å²) in [5.74, 6) is 0.408. The van der Waals surface area contributed by atoms with E-state index in [-0.39, 0.29) is 11.9 Å². The molecule has 2 N–H and O–H groups in total. The SMILES string of the molecule is OC1CC(CNCc2ccccc2F)C1. The minimum absolute atomic E-state index is 0.106. The standard InChI is InChI=1S/C12H16FNO/c13-12-4-2-1-3-10(12)8-14-7-9-5-11(15)6-9/h1-4,9,11,14-15H,5-8H2. The van der Waals surface area contributed by atoms with Gasteiger partial charge in [0.2, 0.25) is 0 Å². The molecule has 1 aromatic carbocycles. The lowest BCUT2D eigenvalue weighted by Gasteiger charge is -2.31. The summed E-state index contributed by atoms with van der Waals surface area (Å²) in [7, 11) is 0. The van der Waals surface area contributed by atoms with E-state index in [1.807, 2.05) is 6.07 Å². The van der Waals surface area contributed by atoms with Gasteiger partial charge in [0.25, 0.3) is 0 Å². The van der Waals surface area contributed by atoms with Crippen molar-refractivity contribution in [3.63, 3.8) is 0 Å². The van der Waals surface area contributed by atoms with E-state index in [0.717, 1.165) is 19.4 Å². The second-order valence-corrected chi connectivity index (χ2v) is 4.21. The van der Waals surface area contributed by atoms with Crippen LogP contribution in [0, 0.1) is 11.7 Å². The van der Waals surface area contributed by atoms with Crippen LogP contribution < -0.4 is 5.32 Å². The number of benzene rings is 1. The minimum atomic E-state index is -0.154. The van der Waals surface area contributed by atoms with E-state index in [1.54, 1.807) is 12.1 Å². The number of halogens is 1. The molecular weight excluding hydrogens is 193 g/mol. The number of rotatable bonds is 4. The molecule has 2 rings (SSSR count). The second kappa shape index (κ2) is 4.73. The summed E-state index contributed by atoms with van der Waals surface area (Å²) in [5, 5.41) is 12.3. The average molecular weight is 209 g/mol. The van der Waals surface area contributed by atoms with E-state index in [2.05, 4.69) is 5.32 Å². The predicted molar refractivity (Wildman–Crippen MR) is 56.8 cm³/mol. The Labute approximate surface area is 89.1 Å². The van der Waals surface area contributed by atoms with E-state index in [9.17, 15) is 4.39 Å². The van der Waals surface area contributed by atoms with E-state index < -0.39 is 0 Å². The molecule has 3 heteroatoms. The molecule has 1 aromatic rings. The fourth-order valence-electron chi connectivity index (χ4n) is 1.92. The molecule has 15 heavy (non-hydrogen) atoms. The second-order valence-electron chi connectivity index (χ2n) is 4.21. The van der Waals surface area contributed by atoms with Gasteiger partial charge in [-0.15, -0.1) is 0 Å². The van der Waals surface area contributed by atoms with Gasteiger partial charge in [0.15, 0.2) is 0 Å². The Balaban J connectivity index is 1.72. The van der Waals surface area contributed by atoms with Gasteiger partial charge >= 0.3 is 0 Å². The van der Waals surface area contributed by atoms with Crippen molar-refractivity contribution in [3.05, 3.63) is 35.6 Å². The van der Waals surface area contributed by atoms with E-state index >= 15 is 0 Å². The number of aliphatic hydroxyl groups excluding tert-OH is 1. The average Bonchev–Trinajstić information content (AvgIpc) is 2.18. The number of hydrogen-bond acceptors (Lipinski definition) is 2. The third kappa shape index (κ3) is 2.76. The molecule has 1 aliphatic rings. The highest BCUT2D eigenvalue weighted by molar-refractivity contribution is 5.16. The molecule has 0 aliphatic heterocycles. The first-order valence-electron chi connectivity index (χ1n) is 5.38. The normalized spacial score (nSPS) is 24.9. The van der Waals surface area contributed by atoms with Crippen molar-refractivity contribution in [2.75, 3.05) is 6.54 Å². The fourth-order valence-corrected chi connectivity index (χ4v) is 1.92. The molecule has 0 amide bonds. The Kier molecular flexibility index (Phi) is 3.34. The van der Waals surface area contributed by atoms with Gasteiger partial charge in [-0.05, 0) is 31.4 Å². The van der Waals surface area contributed by atoms with Crippen molar-refractivity contribution >= 4 is 0 Å². The van der Waals surface area contributed by atoms with Crippen LogP contribution in [0.2, 0.25) is 0 Å². The van der Waals surface area contributed by atoms with Gasteiger partial charge < -0.3 is 10.4 Å². The zero-order chi connectivity index (χ0) is 10.7. The smallest absolute Gasteiger partial charge is 0.127 e. The fraction of sp³-hybridized carbons (Fsp3) is 0.500. The summed E-state index contributed by atoms with van der Waals surface area (Å²) in [5.41, 5.74) is 0.706. The van der Waals surface area contributed by atoms with Crippen LogP contribution in [-0.2, 0) is 6.54 Å². The Hall–Kier alpha value is -0.930. The Morgan fingerprint density at radius 1 is 1.33 bits per heavy atom. The van der Waals surface area contributed by atoms with Gasteiger partial charge in [-0.2, -0.15) is 0 Å². The highest BCUT2D eigenvalue weighted by atomic mass is 19.1. The van der Waals surface area contributed by atoms with Crippen molar-refractivity contribution < 1.29 is 9.50 Å². The molecule has 82 valence electrons. The first-order valence-corrected chi connectivity index (χ1v) is 5.38. The van der Waals surface area contributed by atoms with Crippen LogP contribution in [0.25, 0.3) is 0 Å². The quantitative estimate of drug-likeness (QED) is 0.791. The molecule has 0 bridgehead atoms. The van der Waals surface area contributed by atoms with E-state index in [1.165, 1.54) is 6.07 Å². The van der Waals surface area contributed by atoms with Crippen LogP contribution in [-0.4, -0.2) is 17.8 Å². The topological polar surface area (TPSA) is 32.3 Å². The maximum Gasteiger partial charge on any atom is 0.127 e. The molecule has 0 unspecified atom stereocenters. The lowest BCUT2D eigenvalue weighted by Crippen LogP contribution is -2.36. The molecule has 0 aromatic heterocycles. The first kappa shape index (κ1) is 10.6. The number of nitrogens with one attached hydrogen (secondary N) is 1. The van der Waals surface area contributed by atoms with Crippen LogP contribution in [0.4, 0.5) is 4.39 Å². The number of aliphatic hydroxyl groups is 1. The summed E-state index contributed by atoms with van der Waals surface area (Å²) in [4.78, 5) is 0. The Bertz CT molecular complexity index is 323. The molecule has 1 aliphatic carbocycles. The lowest BCUT2D eigenvalue weighted by atomic mass is 9.82. The number of hydrogen-bond donors (Lipinski definition) is 2. The van der Waals surface area contributed by atoms with Crippen LogP contribution in [0.1, 0.15) is 18.4 Å². The van der Waals surface area contributed by atoms with Crippen LogP contribution in [0.3, 0.4) is 0 Å². The Morgan fingerprint density at radius 2 is 2.07 bits per heavy atom. The molecule has 0 saturated heterocycles. The van der Waals surface area contributed by atoms with Crippen molar-refractivity contribution in [2.45, 2.75) is 25.5 Å². The molecule has 1 saturated carbocycles. The summed E-state index contributed by atoms with van der Waals surface area (Å²) in [6, 6.07) is 6.80. The zero-order valence-electron chi connectivity index (χ0n) is 8.62. The van der Waals surface area contributed by atoms with Crippen LogP contribution in [0.15, 0.2) is 24.3 Å². The lowest BCUT2D eigenvalue weighted by molar-refractivity contribution is 0.0429. The maximum atomic E-state index is 13.2. The molecule has 2 nitrogen and oxygen atoms in total. The molecule has 0 radical (unpaired) electrons. The van der Waals surface area contributed by atoms with Crippen LogP contribution >= 0.6 is 0 Å². The molecule has 0 atom stereocenters.